The van der Waals surface area contributed by atoms with Gasteiger partial charge in [-0.2, -0.15) is 0 Å². The van der Waals surface area contributed by atoms with E-state index in [1.165, 1.54) is 15.9 Å². The first kappa shape index (κ1) is 42.6. The number of fused-ring (bicyclic) bond motifs is 2. The lowest BCUT2D eigenvalue weighted by atomic mass is 10.0. The van der Waals surface area contributed by atoms with Gasteiger partial charge in [0.2, 0.25) is 17.7 Å². The van der Waals surface area contributed by atoms with Gasteiger partial charge in [0, 0.05) is 87.5 Å². The Balaban J connectivity index is 0.849. The number of hydrogen-bond donors (Lipinski definition) is 2. The van der Waals surface area contributed by atoms with E-state index in [9.17, 15) is 33.6 Å². The molecule has 3 fully saturated rings. The van der Waals surface area contributed by atoms with Crippen molar-refractivity contribution < 1.29 is 38.2 Å². The Morgan fingerprint density at radius 1 is 0.855 bits per heavy atom. The first-order chi connectivity index (χ1) is 29.7. The molecule has 0 bridgehead atoms. The van der Waals surface area contributed by atoms with E-state index in [0.29, 0.717) is 85.1 Å². The van der Waals surface area contributed by atoms with Gasteiger partial charge in [-0.25, -0.2) is 0 Å². The summed E-state index contributed by atoms with van der Waals surface area (Å²) in [5.74, 6) is -1.07. The molecular formula is C44H50N8O9S. The number of pyridine rings is 1. The van der Waals surface area contributed by atoms with Crippen LogP contribution in [0.2, 0.25) is 0 Å². The third kappa shape index (κ3) is 8.16. The molecule has 0 spiro atoms. The van der Waals surface area contributed by atoms with E-state index in [1.54, 1.807) is 51.7 Å². The molecule has 6 amide bonds. The summed E-state index contributed by atoms with van der Waals surface area (Å²) >= 11 is 1.27. The summed E-state index contributed by atoms with van der Waals surface area (Å²) in [6.45, 7) is 4.33. The Bertz CT molecular complexity index is 2530. The maximum absolute atomic E-state index is 13.7. The Hall–Kier alpha value is -6.11. The molecule has 326 valence electrons. The zero-order chi connectivity index (χ0) is 44.0. The van der Waals surface area contributed by atoms with Gasteiger partial charge in [0.15, 0.2) is 0 Å². The van der Waals surface area contributed by atoms with Crippen molar-refractivity contribution in [1.82, 2.24) is 34.8 Å². The minimum atomic E-state index is -1.02. The maximum atomic E-state index is 13.7. The summed E-state index contributed by atoms with van der Waals surface area (Å²) in [6, 6.07) is 9.47. The van der Waals surface area contributed by atoms with E-state index in [1.807, 2.05) is 36.0 Å². The van der Waals surface area contributed by atoms with E-state index in [2.05, 4.69) is 20.4 Å². The van der Waals surface area contributed by atoms with Crippen molar-refractivity contribution in [3.63, 3.8) is 0 Å². The second-order valence-electron chi connectivity index (χ2n) is 16.5. The van der Waals surface area contributed by atoms with Gasteiger partial charge in [-0.15, -0.1) is 11.3 Å². The minimum absolute atomic E-state index is 0.0225. The molecule has 0 aliphatic carbocycles. The van der Waals surface area contributed by atoms with Gasteiger partial charge in [-0.1, -0.05) is 0 Å². The Morgan fingerprint density at radius 3 is 2.18 bits per heavy atom. The van der Waals surface area contributed by atoms with Crippen LogP contribution < -0.4 is 30.6 Å². The monoisotopic (exact) mass is 866 g/mol. The first-order valence-electron chi connectivity index (χ1n) is 20.7. The average molecular weight is 867 g/mol. The summed E-state index contributed by atoms with van der Waals surface area (Å²) in [4.78, 5) is 100. The fourth-order valence-electron chi connectivity index (χ4n) is 8.82. The molecule has 2 aromatic carbocycles. The van der Waals surface area contributed by atoms with Crippen molar-refractivity contribution in [2.75, 3.05) is 79.0 Å². The number of hydrogen-bond acceptors (Lipinski definition) is 13. The van der Waals surface area contributed by atoms with Gasteiger partial charge >= 0.3 is 0 Å². The number of nitrogens with one attached hydrogen (secondary N) is 2. The number of likely N-dealkylation sites (tertiary alicyclic amines) is 1. The number of piperazine rings is 1. The van der Waals surface area contributed by atoms with Crippen molar-refractivity contribution in [2.24, 2.45) is 7.05 Å². The molecule has 8 rings (SSSR count). The number of imide groups is 2. The highest BCUT2D eigenvalue weighted by molar-refractivity contribution is 7.21. The molecule has 62 heavy (non-hydrogen) atoms. The second kappa shape index (κ2) is 17.3. The number of ether oxygens (including phenoxy) is 2. The largest absolute Gasteiger partial charge is 0.496 e. The van der Waals surface area contributed by atoms with Gasteiger partial charge in [0.25, 0.3) is 23.3 Å². The maximum Gasteiger partial charge on any atom is 0.262 e. The number of carbonyl (C=O) groups is 6. The highest BCUT2D eigenvalue weighted by Crippen LogP contribution is 2.40. The average Bonchev–Trinajstić information content (AvgIpc) is 3.81. The van der Waals surface area contributed by atoms with E-state index in [4.69, 9.17) is 9.47 Å². The number of thiophene rings is 1. The predicted molar refractivity (Wildman–Crippen MR) is 232 cm³/mol. The third-order valence-electron chi connectivity index (χ3n) is 12.2. The fraction of sp³-hybridized carbons (Fsp3) is 0.432. The fourth-order valence-corrected chi connectivity index (χ4v) is 9.91. The van der Waals surface area contributed by atoms with Crippen molar-refractivity contribution >= 4 is 62.6 Å². The number of methoxy groups -OCH3 is 2. The molecule has 4 aromatic rings. The number of rotatable bonds is 11. The van der Waals surface area contributed by atoms with E-state index in [-0.39, 0.29) is 53.9 Å². The van der Waals surface area contributed by atoms with Crippen molar-refractivity contribution in [2.45, 2.75) is 44.3 Å². The van der Waals surface area contributed by atoms with Crippen LogP contribution in [0.3, 0.4) is 0 Å². The highest BCUT2D eigenvalue weighted by Gasteiger charge is 2.45. The van der Waals surface area contributed by atoms with Crippen molar-refractivity contribution in [1.29, 1.82) is 0 Å². The molecule has 1 atom stereocenters. The van der Waals surface area contributed by atoms with Gasteiger partial charge in [-0.3, -0.25) is 48.7 Å². The molecule has 3 saturated heterocycles. The van der Waals surface area contributed by atoms with E-state index >= 15 is 0 Å². The standard InChI is InChI=1S/C44H50N8O9S/c1-47(2)22-32-34(60-4)18-25(19-35(32)61-5)31-23-48(3)42(57)30-21-36(62-39(30)31)41(56)45-26-10-12-51(13-11-26)38(54)24-49-14-16-50(17-15-49)27-6-7-28-29(20-27)44(59)52(43(28)58)33-8-9-37(53)46-40(33)55/h6-7,18-21,23,26,33H,8-17,22,24H2,1-5H3,(H,45,56)(H,46,53,55). The summed E-state index contributed by atoms with van der Waals surface area (Å²) in [7, 11) is 8.86. The normalized spacial score (nSPS) is 18.7. The molecule has 6 heterocycles. The molecule has 1 unspecified atom stereocenters. The number of amides is 6. The zero-order valence-electron chi connectivity index (χ0n) is 35.4. The lowest BCUT2D eigenvalue weighted by molar-refractivity contribution is -0.136. The highest BCUT2D eigenvalue weighted by atomic mass is 32.1. The number of benzene rings is 2. The van der Waals surface area contributed by atoms with Crippen LogP contribution in [0.25, 0.3) is 21.2 Å². The summed E-state index contributed by atoms with van der Waals surface area (Å²) in [5, 5.41) is 5.82. The molecular weight excluding hydrogens is 817 g/mol. The summed E-state index contributed by atoms with van der Waals surface area (Å²) < 4.78 is 13.7. The molecule has 4 aliphatic rings. The van der Waals surface area contributed by atoms with Crippen LogP contribution in [0.1, 0.15) is 61.6 Å². The Kier molecular flexibility index (Phi) is 11.9. The number of piperidine rings is 2. The van der Waals surface area contributed by atoms with Crippen molar-refractivity contribution in [3.05, 3.63) is 74.5 Å². The van der Waals surface area contributed by atoms with Gasteiger partial charge < -0.3 is 34.1 Å². The molecule has 0 saturated carbocycles. The van der Waals surface area contributed by atoms with Crippen LogP contribution in [0.15, 0.2) is 47.4 Å². The second-order valence-corrected chi connectivity index (χ2v) is 17.5. The Labute approximate surface area is 362 Å². The van der Waals surface area contributed by atoms with E-state index < -0.39 is 29.7 Å². The molecule has 4 aliphatic heterocycles. The number of nitrogens with zero attached hydrogens (tertiary/aromatic N) is 6. The van der Waals surface area contributed by atoms with Gasteiger partial charge in [0.05, 0.1) is 47.7 Å². The smallest absolute Gasteiger partial charge is 0.262 e. The van der Waals surface area contributed by atoms with Gasteiger partial charge in [-0.05, 0) is 75.3 Å². The number of aryl methyl sites for hydroxylation is 1. The van der Waals surface area contributed by atoms with Crippen LogP contribution in [0.5, 0.6) is 11.5 Å². The zero-order valence-corrected chi connectivity index (χ0v) is 36.3. The third-order valence-corrected chi connectivity index (χ3v) is 13.3. The molecule has 2 N–H and O–H groups in total. The molecule has 0 radical (unpaired) electrons. The lowest BCUT2D eigenvalue weighted by Crippen LogP contribution is -2.54. The quantitative estimate of drug-likeness (QED) is 0.210. The molecule has 17 nitrogen and oxygen atoms in total. The molecule has 18 heteroatoms. The van der Waals surface area contributed by atoms with Crippen LogP contribution in [0.4, 0.5) is 5.69 Å². The van der Waals surface area contributed by atoms with Crippen molar-refractivity contribution in [3.8, 4) is 22.6 Å². The van der Waals surface area contributed by atoms with E-state index in [0.717, 1.165) is 27.3 Å². The molecule has 2 aromatic heterocycles. The van der Waals surface area contributed by atoms with Crippen LogP contribution >= 0.6 is 11.3 Å². The number of anilines is 1. The summed E-state index contributed by atoms with van der Waals surface area (Å²) in [6.07, 6.45) is 3.13. The minimum Gasteiger partial charge on any atom is -0.496 e. The number of carbonyl (C=O) groups excluding carboxylic acids is 6. The van der Waals surface area contributed by atoms with Crippen LogP contribution in [-0.4, -0.2) is 146 Å². The van der Waals surface area contributed by atoms with Crippen LogP contribution in [0, 0.1) is 0 Å². The first-order valence-corrected chi connectivity index (χ1v) is 21.5. The Morgan fingerprint density at radius 2 is 1.53 bits per heavy atom. The number of aromatic nitrogens is 1. The lowest BCUT2D eigenvalue weighted by Gasteiger charge is -2.38. The SMILES string of the molecule is COc1cc(-c2cn(C)c(=O)c3cc(C(=O)NC4CCN(C(=O)CN5CCN(c6ccc7c(c6)C(=O)N(C6CCC(=O)NC6=O)C7=O)CC5)CC4)sc23)cc(OC)c1CN(C)C. The predicted octanol–water partition coefficient (Wildman–Crippen LogP) is 2.29. The van der Waals surface area contributed by atoms with Crippen LogP contribution in [-0.2, 0) is 28.0 Å². The topological polar surface area (TPSA) is 183 Å². The van der Waals surface area contributed by atoms with Gasteiger partial charge in [0.1, 0.15) is 17.5 Å². The summed E-state index contributed by atoms with van der Waals surface area (Å²) in [5.41, 5.74) is 3.52.